The topological polar surface area (TPSA) is 79.0 Å². The number of ether oxygens (including phenoxy) is 1. The molecule has 180 valence electrons. The average Bonchev–Trinajstić information content (AvgIpc) is 3.22. The largest absolute Gasteiger partial charge is 0.495 e. The van der Waals surface area contributed by atoms with E-state index < -0.39 is 5.82 Å². The van der Waals surface area contributed by atoms with Gasteiger partial charge < -0.3 is 20.4 Å². The number of hydrogen-bond donors (Lipinski definition) is 3. The summed E-state index contributed by atoms with van der Waals surface area (Å²) in [6, 6.07) is 24.5. The van der Waals surface area contributed by atoms with Crippen LogP contribution in [0.25, 0.3) is 10.9 Å². The molecular formula is C29H25FN4O2. The number of halogens is 1. The number of aromatic nitrogens is 2. The molecule has 36 heavy (non-hydrogen) atoms. The van der Waals surface area contributed by atoms with Crippen molar-refractivity contribution < 1.29 is 13.9 Å². The molecule has 0 spiro atoms. The predicted molar refractivity (Wildman–Crippen MR) is 140 cm³/mol. The summed E-state index contributed by atoms with van der Waals surface area (Å²) in [6.07, 6.45) is 1.76. The third-order valence-corrected chi connectivity index (χ3v) is 6.06. The normalized spacial score (nSPS) is 11.8. The maximum atomic E-state index is 13.6. The zero-order valence-corrected chi connectivity index (χ0v) is 19.9. The summed E-state index contributed by atoms with van der Waals surface area (Å²) < 4.78 is 19.2. The van der Waals surface area contributed by atoms with E-state index in [4.69, 9.17) is 4.74 Å². The highest BCUT2D eigenvalue weighted by atomic mass is 19.1. The number of nitrogens with zero attached hydrogens (tertiary/aromatic N) is 1. The van der Waals surface area contributed by atoms with E-state index in [0.29, 0.717) is 5.69 Å². The Balaban J connectivity index is 1.57. The van der Waals surface area contributed by atoms with E-state index >= 15 is 0 Å². The maximum Gasteiger partial charge on any atom is 0.255 e. The number of aryl methyl sites for hydroxylation is 1. The van der Waals surface area contributed by atoms with Gasteiger partial charge in [-0.25, -0.2) is 4.39 Å². The number of carbonyl (C=O) groups excluding carboxylic acids is 1. The summed E-state index contributed by atoms with van der Waals surface area (Å²) in [6.45, 7) is 2.01. The Morgan fingerprint density at radius 1 is 1.00 bits per heavy atom. The second kappa shape index (κ2) is 9.92. The molecule has 3 N–H and O–H groups in total. The Hall–Kier alpha value is -4.65. The zero-order chi connectivity index (χ0) is 25.1. The van der Waals surface area contributed by atoms with E-state index in [1.807, 2.05) is 67.6 Å². The summed E-state index contributed by atoms with van der Waals surface area (Å²) in [4.78, 5) is 20.8. The number of H-pyrrole nitrogens is 1. The van der Waals surface area contributed by atoms with Crippen molar-refractivity contribution in [2.45, 2.75) is 13.0 Å². The fraction of sp³-hybridized carbons (Fsp3) is 0.103. The molecule has 0 radical (unpaired) electrons. The van der Waals surface area contributed by atoms with Crippen LogP contribution in [0.3, 0.4) is 0 Å². The van der Waals surface area contributed by atoms with Crippen LogP contribution < -0.4 is 15.4 Å². The molecule has 0 bridgehead atoms. The van der Waals surface area contributed by atoms with Crippen LogP contribution in [0, 0.1) is 12.7 Å². The van der Waals surface area contributed by atoms with Crippen LogP contribution in [0.1, 0.15) is 33.4 Å². The van der Waals surface area contributed by atoms with E-state index in [9.17, 15) is 9.18 Å². The van der Waals surface area contributed by atoms with Crippen molar-refractivity contribution in [1.29, 1.82) is 0 Å². The number of methoxy groups -OCH3 is 1. The fourth-order valence-electron chi connectivity index (χ4n) is 4.39. The lowest BCUT2D eigenvalue weighted by atomic mass is 9.98. The van der Waals surface area contributed by atoms with E-state index in [-0.39, 0.29) is 17.5 Å². The second-order valence-corrected chi connectivity index (χ2v) is 8.42. The average molecular weight is 481 g/mol. The van der Waals surface area contributed by atoms with E-state index in [1.165, 1.54) is 18.2 Å². The van der Waals surface area contributed by atoms with E-state index in [1.54, 1.807) is 19.4 Å². The minimum atomic E-state index is -0.456. The number of hydrogen-bond acceptors (Lipinski definition) is 4. The molecular weight excluding hydrogens is 455 g/mol. The second-order valence-electron chi connectivity index (χ2n) is 8.42. The van der Waals surface area contributed by atoms with Gasteiger partial charge in [0.2, 0.25) is 0 Å². The quantitative estimate of drug-likeness (QED) is 0.249. The molecule has 5 rings (SSSR count). The third-order valence-electron chi connectivity index (χ3n) is 6.06. The van der Waals surface area contributed by atoms with Crippen molar-refractivity contribution in [2.24, 2.45) is 0 Å². The highest BCUT2D eigenvalue weighted by molar-refractivity contribution is 6.05. The number of amides is 1. The predicted octanol–water partition coefficient (Wildman–Crippen LogP) is 6.47. The van der Waals surface area contributed by atoms with Crippen molar-refractivity contribution in [2.75, 3.05) is 17.7 Å². The molecule has 0 unspecified atom stereocenters. The first-order valence-electron chi connectivity index (χ1n) is 11.5. The molecule has 6 nitrogen and oxygen atoms in total. The summed E-state index contributed by atoms with van der Waals surface area (Å²) in [5, 5.41) is 7.42. The zero-order valence-electron chi connectivity index (χ0n) is 19.9. The molecule has 0 saturated heterocycles. The van der Waals surface area contributed by atoms with E-state index in [2.05, 4.69) is 20.6 Å². The summed E-state index contributed by atoms with van der Waals surface area (Å²) in [5.74, 6) is -0.114. The number of anilines is 2. The van der Waals surface area contributed by atoms with Gasteiger partial charge in [0.15, 0.2) is 0 Å². The van der Waals surface area contributed by atoms with Crippen molar-refractivity contribution >= 4 is 28.2 Å². The Morgan fingerprint density at radius 2 is 1.83 bits per heavy atom. The minimum Gasteiger partial charge on any atom is -0.495 e. The van der Waals surface area contributed by atoms with Crippen LogP contribution in [-0.4, -0.2) is 23.0 Å². The van der Waals surface area contributed by atoms with Gasteiger partial charge in [-0.1, -0.05) is 24.3 Å². The smallest absolute Gasteiger partial charge is 0.255 e. The van der Waals surface area contributed by atoms with Gasteiger partial charge in [0.05, 0.1) is 24.5 Å². The van der Waals surface area contributed by atoms with Gasteiger partial charge in [-0.05, 0) is 67.6 Å². The molecule has 7 heteroatoms. The Morgan fingerprint density at radius 3 is 2.61 bits per heavy atom. The number of nitrogens with one attached hydrogen (secondary N) is 3. The van der Waals surface area contributed by atoms with Gasteiger partial charge in [-0.2, -0.15) is 0 Å². The Kier molecular flexibility index (Phi) is 6.36. The molecule has 2 aromatic heterocycles. The first-order valence-corrected chi connectivity index (χ1v) is 11.5. The van der Waals surface area contributed by atoms with Crippen LogP contribution in [-0.2, 0) is 0 Å². The number of fused-ring (bicyclic) bond motifs is 1. The van der Waals surface area contributed by atoms with Gasteiger partial charge in [0.25, 0.3) is 5.91 Å². The highest BCUT2D eigenvalue weighted by Gasteiger charge is 2.23. The lowest BCUT2D eigenvalue weighted by Gasteiger charge is -2.22. The monoisotopic (exact) mass is 480 g/mol. The van der Waals surface area contributed by atoms with Gasteiger partial charge in [0, 0.05) is 39.6 Å². The van der Waals surface area contributed by atoms with Crippen molar-refractivity contribution in [3.63, 3.8) is 0 Å². The number of para-hydroxylation sites is 2. The molecule has 1 amide bonds. The summed E-state index contributed by atoms with van der Waals surface area (Å²) in [5.41, 5.74) is 5.42. The number of carbonyl (C=O) groups is 1. The van der Waals surface area contributed by atoms with E-state index in [0.717, 1.165) is 39.3 Å². The van der Waals surface area contributed by atoms with Crippen LogP contribution in [0.4, 0.5) is 15.8 Å². The first kappa shape index (κ1) is 23.1. The minimum absolute atomic E-state index is 0.254. The molecule has 5 aromatic rings. The number of pyridine rings is 1. The van der Waals surface area contributed by atoms with Crippen LogP contribution in [0.15, 0.2) is 91.1 Å². The van der Waals surface area contributed by atoms with Crippen molar-refractivity contribution in [3.05, 3.63) is 119 Å². The van der Waals surface area contributed by atoms with Crippen molar-refractivity contribution in [1.82, 2.24) is 9.97 Å². The SMILES string of the molecule is COc1ccccc1N[C@H](c1ccccn1)c1c(C)[nH]c2ccc(NC(=O)c3cccc(F)c3)cc12. The van der Waals surface area contributed by atoms with Crippen LogP contribution in [0.2, 0.25) is 0 Å². The molecule has 0 saturated carbocycles. The number of aromatic amines is 1. The number of benzene rings is 3. The molecule has 1 atom stereocenters. The fourth-order valence-corrected chi connectivity index (χ4v) is 4.39. The van der Waals surface area contributed by atoms with Gasteiger partial charge in [0.1, 0.15) is 11.6 Å². The standard InChI is InChI=1S/C29H25FN4O2/c1-18-27(28(25-11-5-6-15-31-25)34-24-10-3-4-12-26(24)36-2)22-17-21(13-14-23(22)32-18)33-29(35)19-8-7-9-20(30)16-19/h3-17,28,32,34H,1-2H3,(H,33,35)/t28-/m1/s1. The van der Waals surface area contributed by atoms with Crippen molar-refractivity contribution in [3.8, 4) is 5.75 Å². The molecule has 0 aliphatic heterocycles. The van der Waals surface area contributed by atoms with Crippen LogP contribution >= 0.6 is 0 Å². The molecule has 0 aliphatic carbocycles. The third kappa shape index (κ3) is 4.63. The Labute approximate surface area is 208 Å². The number of rotatable bonds is 7. The molecule has 3 aromatic carbocycles. The highest BCUT2D eigenvalue weighted by Crippen LogP contribution is 2.37. The van der Waals surface area contributed by atoms with Gasteiger partial charge in [-0.3, -0.25) is 9.78 Å². The molecule has 2 heterocycles. The van der Waals surface area contributed by atoms with Crippen LogP contribution in [0.5, 0.6) is 5.75 Å². The molecule has 0 fully saturated rings. The first-order chi connectivity index (χ1) is 17.5. The summed E-state index contributed by atoms with van der Waals surface area (Å²) >= 11 is 0. The lowest BCUT2D eigenvalue weighted by Crippen LogP contribution is -2.15. The summed E-state index contributed by atoms with van der Waals surface area (Å²) in [7, 11) is 1.64. The lowest BCUT2D eigenvalue weighted by molar-refractivity contribution is 0.102. The van der Waals surface area contributed by atoms with Gasteiger partial charge >= 0.3 is 0 Å². The maximum absolute atomic E-state index is 13.6. The Bertz CT molecular complexity index is 1530. The molecule has 0 aliphatic rings. The van der Waals surface area contributed by atoms with Gasteiger partial charge in [-0.15, -0.1) is 0 Å².